The Morgan fingerprint density at radius 2 is 1.81 bits per heavy atom. The van der Waals surface area contributed by atoms with E-state index < -0.39 is 0 Å². The maximum absolute atomic E-state index is 13.7. The van der Waals surface area contributed by atoms with Gasteiger partial charge in [0.15, 0.2) is 0 Å². The largest absolute Gasteiger partial charge is 0.334 e. The summed E-state index contributed by atoms with van der Waals surface area (Å²) in [5.74, 6) is -0.324. The second-order valence-corrected chi connectivity index (χ2v) is 6.79. The molecule has 1 aliphatic heterocycles. The molecule has 1 aliphatic rings. The number of benzene rings is 2. The van der Waals surface area contributed by atoms with E-state index in [1.54, 1.807) is 27.7 Å². The summed E-state index contributed by atoms with van der Waals surface area (Å²) in [6, 6.07) is 13.9. The molecule has 6 nitrogen and oxygen atoms in total. The third-order valence-corrected chi connectivity index (χ3v) is 5.13. The number of rotatable bonds is 3. The molecule has 0 spiro atoms. The molecule has 0 aliphatic carbocycles. The minimum atomic E-state index is -0.324. The van der Waals surface area contributed by atoms with Crippen molar-refractivity contribution < 1.29 is 9.18 Å². The number of hydrogen-bond donors (Lipinski definition) is 2. The maximum atomic E-state index is 13.7. The Balaban J connectivity index is 1.38. The molecule has 0 saturated carbocycles. The van der Waals surface area contributed by atoms with E-state index in [0.29, 0.717) is 31.5 Å². The predicted octanol–water partition coefficient (Wildman–Crippen LogP) is 3.02. The zero-order valence-corrected chi connectivity index (χ0v) is 14.8. The van der Waals surface area contributed by atoms with E-state index in [9.17, 15) is 14.0 Å². The number of likely N-dealkylation sites (tertiary alicyclic amines) is 1. The first-order valence-corrected chi connectivity index (χ1v) is 9.09. The Bertz CT molecular complexity index is 1020. The molecule has 2 N–H and O–H groups in total. The van der Waals surface area contributed by atoms with Crippen LogP contribution < -0.4 is 11.0 Å². The van der Waals surface area contributed by atoms with Crippen LogP contribution in [0.4, 0.5) is 9.18 Å². The number of aromatic amines is 1. The van der Waals surface area contributed by atoms with Crippen LogP contribution in [0.2, 0.25) is 0 Å². The van der Waals surface area contributed by atoms with Gasteiger partial charge in [-0.25, -0.2) is 14.0 Å². The summed E-state index contributed by atoms with van der Waals surface area (Å²) in [5.41, 5.74) is 2.07. The average Bonchev–Trinajstić information content (AvgIpc) is 3.03. The van der Waals surface area contributed by atoms with Gasteiger partial charge in [0, 0.05) is 31.2 Å². The van der Waals surface area contributed by atoms with Gasteiger partial charge in [-0.1, -0.05) is 30.3 Å². The lowest BCUT2D eigenvalue weighted by molar-refractivity contribution is 0.171. The number of piperidine rings is 1. The molecule has 0 bridgehead atoms. The van der Waals surface area contributed by atoms with Crippen molar-refractivity contribution >= 4 is 17.1 Å². The molecule has 27 heavy (non-hydrogen) atoms. The van der Waals surface area contributed by atoms with Crippen LogP contribution in [0.25, 0.3) is 11.0 Å². The van der Waals surface area contributed by atoms with Gasteiger partial charge < -0.3 is 15.2 Å². The van der Waals surface area contributed by atoms with Gasteiger partial charge in [0.1, 0.15) is 5.82 Å². The minimum absolute atomic E-state index is 0.0595. The molecule has 4 rings (SSSR count). The van der Waals surface area contributed by atoms with Gasteiger partial charge in [0.2, 0.25) is 0 Å². The highest BCUT2D eigenvalue weighted by molar-refractivity contribution is 5.75. The number of aromatic nitrogens is 2. The highest BCUT2D eigenvalue weighted by atomic mass is 19.1. The number of nitrogens with zero attached hydrogens (tertiary/aromatic N) is 2. The van der Waals surface area contributed by atoms with Crippen LogP contribution in [0, 0.1) is 5.82 Å². The van der Waals surface area contributed by atoms with E-state index in [0.717, 1.165) is 11.0 Å². The van der Waals surface area contributed by atoms with Crippen molar-refractivity contribution in [1.29, 1.82) is 0 Å². The van der Waals surface area contributed by atoms with E-state index in [2.05, 4.69) is 10.3 Å². The SMILES string of the molecule is O=C(NCc1ccccc1F)N1CCC(n2c(=O)[nH]c3ccccc32)CC1. The van der Waals surface area contributed by atoms with E-state index in [-0.39, 0.29) is 30.1 Å². The highest BCUT2D eigenvalue weighted by Gasteiger charge is 2.26. The molecule has 0 radical (unpaired) electrons. The quantitative estimate of drug-likeness (QED) is 0.746. The molecule has 2 aromatic carbocycles. The number of carbonyl (C=O) groups excluding carboxylic acids is 1. The topological polar surface area (TPSA) is 70.1 Å². The Labute approximate surface area is 155 Å². The Morgan fingerprint density at radius 3 is 2.59 bits per heavy atom. The van der Waals surface area contributed by atoms with Crippen molar-refractivity contribution in [3.63, 3.8) is 0 Å². The second-order valence-electron chi connectivity index (χ2n) is 6.79. The number of hydrogen-bond acceptors (Lipinski definition) is 2. The summed E-state index contributed by atoms with van der Waals surface area (Å²) in [4.78, 5) is 29.3. The van der Waals surface area contributed by atoms with Gasteiger partial charge in [0.25, 0.3) is 0 Å². The number of urea groups is 1. The zero-order chi connectivity index (χ0) is 18.8. The molecule has 0 unspecified atom stereocenters. The molecule has 2 heterocycles. The minimum Gasteiger partial charge on any atom is -0.334 e. The summed E-state index contributed by atoms with van der Waals surface area (Å²) in [6.45, 7) is 1.27. The Hall–Kier alpha value is -3.09. The van der Waals surface area contributed by atoms with Crippen LogP contribution in [0.3, 0.4) is 0 Å². The predicted molar refractivity (Wildman–Crippen MR) is 101 cm³/mol. The Morgan fingerprint density at radius 1 is 1.11 bits per heavy atom. The molecule has 0 atom stereocenters. The van der Waals surface area contributed by atoms with Crippen molar-refractivity contribution in [2.24, 2.45) is 0 Å². The number of nitrogens with one attached hydrogen (secondary N) is 2. The van der Waals surface area contributed by atoms with Crippen LogP contribution in [-0.2, 0) is 6.54 Å². The fourth-order valence-corrected chi connectivity index (χ4v) is 3.69. The van der Waals surface area contributed by atoms with Crippen LogP contribution >= 0.6 is 0 Å². The molecule has 1 aromatic heterocycles. The number of amides is 2. The number of halogens is 1. The first-order chi connectivity index (χ1) is 13.1. The third kappa shape index (κ3) is 3.45. The number of fused-ring (bicyclic) bond motifs is 1. The monoisotopic (exact) mass is 368 g/mol. The first kappa shape index (κ1) is 17.3. The van der Waals surface area contributed by atoms with Crippen molar-refractivity contribution in [2.75, 3.05) is 13.1 Å². The van der Waals surface area contributed by atoms with Crippen molar-refractivity contribution in [3.8, 4) is 0 Å². The number of H-pyrrole nitrogens is 1. The smallest absolute Gasteiger partial charge is 0.326 e. The summed E-state index contributed by atoms with van der Waals surface area (Å²) >= 11 is 0. The molecular formula is C20H21FN4O2. The summed E-state index contributed by atoms with van der Waals surface area (Å²) < 4.78 is 15.5. The molecule has 1 saturated heterocycles. The van der Waals surface area contributed by atoms with Gasteiger partial charge >= 0.3 is 11.7 Å². The molecule has 7 heteroatoms. The normalized spacial score (nSPS) is 15.2. The Kier molecular flexibility index (Phi) is 4.66. The van der Waals surface area contributed by atoms with Gasteiger partial charge in [-0.3, -0.25) is 4.57 Å². The molecule has 140 valence electrons. The van der Waals surface area contributed by atoms with E-state index in [1.165, 1.54) is 6.07 Å². The van der Waals surface area contributed by atoms with Crippen molar-refractivity contribution in [2.45, 2.75) is 25.4 Å². The molecular weight excluding hydrogens is 347 g/mol. The number of carbonyl (C=O) groups is 1. The van der Waals surface area contributed by atoms with Crippen molar-refractivity contribution in [3.05, 3.63) is 70.4 Å². The lowest BCUT2D eigenvalue weighted by atomic mass is 10.0. The van der Waals surface area contributed by atoms with E-state index >= 15 is 0 Å². The fraction of sp³-hybridized carbons (Fsp3) is 0.300. The van der Waals surface area contributed by atoms with Gasteiger partial charge in [-0.15, -0.1) is 0 Å². The second kappa shape index (κ2) is 7.26. The average molecular weight is 368 g/mol. The van der Waals surface area contributed by atoms with Gasteiger partial charge in [-0.2, -0.15) is 0 Å². The standard InChI is InChI=1S/C20H21FN4O2/c21-16-6-2-1-5-14(16)13-22-19(26)24-11-9-15(10-12-24)25-18-8-4-3-7-17(18)23-20(25)27/h1-8,15H,9-13H2,(H,22,26)(H,23,27). The van der Waals surface area contributed by atoms with Crippen molar-refractivity contribution in [1.82, 2.24) is 19.8 Å². The summed E-state index contributed by atoms with van der Waals surface area (Å²) in [6.07, 6.45) is 1.41. The molecule has 2 amide bonds. The molecule has 3 aromatic rings. The summed E-state index contributed by atoms with van der Waals surface area (Å²) in [7, 11) is 0. The fourth-order valence-electron chi connectivity index (χ4n) is 3.69. The number of imidazole rings is 1. The molecule has 1 fully saturated rings. The third-order valence-electron chi connectivity index (χ3n) is 5.13. The van der Waals surface area contributed by atoms with Crippen LogP contribution in [-0.4, -0.2) is 33.6 Å². The number of para-hydroxylation sites is 2. The van der Waals surface area contributed by atoms with Crippen LogP contribution in [0.1, 0.15) is 24.4 Å². The summed E-state index contributed by atoms with van der Waals surface area (Å²) in [5, 5.41) is 2.77. The van der Waals surface area contributed by atoms with E-state index in [4.69, 9.17) is 0 Å². The highest BCUT2D eigenvalue weighted by Crippen LogP contribution is 2.24. The lowest BCUT2D eigenvalue weighted by Gasteiger charge is -2.32. The van der Waals surface area contributed by atoms with E-state index in [1.807, 2.05) is 24.3 Å². The lowest BCUT2D eigenvalue weighted by Crippen LogP contribution is -2.45. The van der Waals surface area contributed by atoms with Crippen LogP contribution in [0.15, 0.2) is 53.3 Å². The van der Waals surface area contributed by atoms with Crippen LogP contribution in [0.5, 0.6) is 0 Å². The first-order valence-electron chi connectivity index (χ1n) is 9.09. The maximum Gasteiger partial charge on any atom is 0.326 e. The van der Waals surface area contributed by atoms with Gasteiger partial charge in [-0.05, 0) is 31.0 Å². The van der Waals surface area contributed by atoms with Gasteiger partial charge in [0.05, 0.1) is 11.0 Å². The zero-order valence-electron chi connectivity index (χ0n) is 14.8.